The largest absolute Gasteiger partial charge is 0.491 e. The summed E-state index contributed by atoms with van der Waals surface area (Å²) in [4.78, 5) is 2.40. The van der Waals surface area contributed by atoms with Gasteiger partial charge in [0.25, 0.3) is 0 Å². The van der Waals surface area contributed by atoms with Crippen molar-refractivity contribution in [2.75, 3.05) is 20.1 Å². The fourth-order valence-corrected chi connectivity index (χ4v) is 2.73. The fraction of sp³-hybridized carbons (Fsp3) is 0.647. The van der Waals surface area contributed by atoms with E-state index in [-0.39, 0.29) is 6.10 Å². The lowest BCUT2D eigenvalue weighted by atomic mass is 10.0. The van der Waals surface area contributed by atoms with Crippen LogP contribution in [0.25, 0.3) is 0 Å². The summed E-state index contributed by atoms with van der Waals surface area (Å²) < 4.78 is 5.68. The molecular formula is C17H28N2O. The van der Waals surface area contributed by atoms with Crippen LogP contribution in [0.2, 0.25) is 0 Å². The van der Waals surface area contributed by atoms with Gasteiger partial charge in [-0.15, -0.1) is 0 Å². The predicted molar refractivity (Wildman–Crippen MR) is 84.3 cm³/mol. The summed E-state index contributed by atoms with van der Waals surface area (Å²) in [6.07, 6.45) is 2.72. The van der Waals surface area contributed by atoms with E-state index in [2.05, 4.69) is 62.3 Å². The van der Waals surface area contributed by atoms with Crippen LogP contribution < -0.4 is 10.1 Å². The van der Waals surface area contributed by atoms with Crippen LogP contribution in [0.4, 0.5) is 0 Å². The van der Waals surface area contributed by atoms with Gasteiger partial charge in [-0.05, 0) is 71.4 Å². The van der Waals surface area contributed by atoms with Gasteiger partial charge in [-0.25, -0.2) is 0 Å². The topological polar surface area (TPSA) is 24.5 Å². The molecule has 2 rings (SSSR count). The number of ether oxygens (including phenoxy) is 1. The molecule has 1 heterocycles. The Morgan fingerprint density at radius 3 is 2.25 bits per heavy atom. The summed E-state index contributed by atoms with van der Waals surface area (Å²) in [6.45, 7) is 8.75. The number of hydrogen-bond donors (Lipinski definition) is 1. The Bertz CT molecular complexity index is 394. The highest BCUT2D eigenvalue weighted by Gasteiger charge is 2.18. The Hall–Kier alpha value is -1.06. The van der Waals surface area contributed by atoms with Crippen molar-refractivity contribution in [3.8, 4) is 5.75 Å². The SMILES string of the molecule is CC(C)Oc1ccc(C(C)NC2CCN(C)CC2)cc1. The molecule has 1 saturated heterocycles. The van der Waals surface area contributed by atoms with Gasteiger partial charge in [0, 0.05) is 12.1 Å². The normalized spacial score (nSPS) is 19.2. The number of nitrogens with zero attached hydrogens (tertiary/aromatic N) is 1. The van der Waals surface area contributed by atoms with Crippen LogP contribution in [-0.4, -0.2) is 37.2 Å². The van der Waals surface area contributed by atoms with Gasteiger partial charge in [-0.2, -0.15) is 0 Å². The zero-order valence-electron chi connectivity index (χ0n) is 13.2. The van der Waals surface area contributed by atoms with Crippen molar-refractivity contribution in [2.45, 2.75) is 51.8 Å². The van der Waals surface area contributed by atoms with E-state index in [1.807, 2.05) is 0 Å². The molecule has 1 fully saturated rings. The van der Waals surface area contributed by atoms with Gasteiger partial charge >= 0.3 is 0 Å². The van der Waals surface area contributed by atoms with Crippen LogP contribution in [0.5, 0.6) is 5.75 Å². The van der Waals surface area contributed by atoms with Crippen LogP contribution in [0, 0.1) is 0 Å². The molecule has 1 atom stereocenters. The molecular weight excluding hydrogens is 248 g/mol. The third kappa shape index (κ3) is 4.50. The van der Waals surface area contributed by atoms with E-state index in [1.165, 1.54) is 31.5 Å². The van der Waals surface area contributed by atoms with E-state index in [9.17, 15) is 0 Å². The molecule has 1 aromatic rings. The van der Waals surface area contributed by atoms with Crippen molar-refractivity contribution in [2.24, 2.45) is 0 Å². The summed E-state index contributed by atoms with van der Waals surface area (Å²) in [7, 11) is 2.20. The first-order chi connectivity index (χ1) is 9.54. The molecule has 0 aromatic heterocycles. The van der Waals surface area contributed by atoms with Crippen molar-refractivity contribution in [1.29, 1.82) is 0 Å². The highest BCUT2D eigenvalue weighted by molar-refractivity contribution is 5.29. The van der Waals surface area contributed by atoms with Crippen molar-refractivity contribution in [1.82, 2.24) is 10.2 Å². The molecule has 0 saturated carbocycles. The molecule has 3 heteroatoms. The highest BCUT2D eigenvalue weighted by atomic mass is 16.5. The average molecular weight is 276 g/mol. The molecule has 0 spiro atoms. The molecule has 0 amide bonds. The van der Waals surface area contributed by atoms with E-state index >= 15 is 0 Å². The molecule has 1 aliphatic rings. The van der Waals surface area contributed by atoms with Gasteiger partial charge < -0.3 is 15.0 Å². The Morgan fingerprint density at radius 1 is 1.10 bits per heavy atom. The predicted octanol–water partition coefficient (Wildman–Crippen LogP) is 3.22. The lowest BCUT2D eigenvalue weighted by Gasteiger charge is -2.31. The highest BCUT2D eigenvalue weighted by Crippen LogP contribution is 2.20. The molecule has 0 bridgehead atoms. The molecule has 1 N–H and O–H groups in total. The summed E-state index contributed by atoms with van der Waals surface area (Å²) in [6, 6.07) is 9.53. The van der Waals surface area contributed by atoms with Gasteiger partial charge in [0.1, 0.15) is 5.75 Å². The van der Waals surface area contributed by atoms with Crippen LogP contribution >= 0.6 is 0 Å². The number of benzene rings is 1. The second-order valence-electron chi connectivity index (χ2n) is 6.20. The van der Waals surface area contributed by atoms with E-state index in [0.717, 1.165) is 5.75 Å². The molecule has 1 aromatic carbocycles. The van der Waals surface area contributed by atoms with Crippen LogP contribution in [0.3, 0.4) is 0 Å². The number of likely N-dealkylation sites (tertiary alicyclic amines) is 1. The summed E-state index contributed by atoms with van der Waals surface area (Å²) in [5, 5.41) is 3.75. The summed E-state index contributed by atoms with van der Waals surface area (Å²) >= 11 is 0. The number of rotatable bonds is 5. The van der Waals surface area contributed by atoms with Crippen molar-refractivity contribution >= 4 is 0 Å². The monoisotopic (exact) mass is 276 g/mol. The summed E-state index contributed by atoms with van der Waals surface area (Å²) in [5.41, 5.74) is 1.33. The van der Waals surface area contributed by atoms with Crippen LogP contribution in [-0.2, 0) is 0 Å². The molecule has 0 radical (unpaired) electrons. The molecule has 1 aliphatic heterocycles. The van der Waals surface area contributed by atoms with E-state index < -0.39 is 0 Å². The Balaban J connectivity index is 1.87. The van der Waals surface area contributed by atoms with Crippen molar-refractivity contribution in [3.05, 3.63) is 29.8 Å². The molecule has 1 unspecified atom stereocenters. The lowest BCUT2D eigenvalue weighted by molar-refractivity contribution is 0.226. The zero-order valence-corrected chi connectivity index (χ0v) is 13.2. The molecule has 112 valence electrons. The van der Waals surface area contributed by atoms with Gasteiger partial charge in [0.05, 0.1) is 6.10 Å². The summed E-state index contributed by atoms with van der Waals surface area (Å²) in [5.74, 6) is 0.954. The Morgan fingerprint density at radius 2 is 1.70 bits per heavy atom. The number of nitrogens with one attached hydrogen (secondary N) is 1. The number of hydrogen-bond acceptors (Lipinski definition) is 3. The van der Waals surface area contributed by atoms with Gasteiger partial charge in [-0.1, -0.05) is 12.1 Å². The smallest absolute Gasteiger partial charge is 0.119 e. The molecule has 20 heavy (non-hydrogen) atoms. The first-order valence-electron chi connectivity index (χ1n) is 7.76. The van der Waals surface area contributed by atoms with Crippen LogP contribution in [0.1, 0.15) is 45.2 Å². The molecule has 3 nitrogen and oxygen atoms in total. The first kappa shape index (κ1) is 15.3. The minimum atomic E-state index is 0.232. The van der Waals surface area contributed by atoms with E-state index in [1.54, 1.807) is 0 Å². The third-order valence-corrected chi connectivity index (χ3v) is 3.96. The Labute approximate surface area is 123 Å². The fourth-order valence-electron chi connectivity index (χ4n) is 2.73. The minimum Gasteiger partial charge on any atom is -0.491 e. The first-order valence-corrected chi connectivity index (χ1v) is 7.76. The van der Waals surface area contributed by atoms with Crippen molar-refractivity contribution < 1.29 is 4.74 Å². The third-order valence-electron chi connectivity index (χ3n) is 3.96. The zero-order chi connectivity index (χ0) is 14.5. The Kier molecular flexibility index (Phi) is 5.44. The molecule has 0 aliphatic carbocycles. The second kappa shape index (κ2) is 7.09. The van der Waals surface area contributed by atoms with Crippen molar-refractivity contribution in [3.63, 3.8) is 0 Å². The standard InChI is InChI=1S/C17H28N2O/c1-13(2)20-17-7-5-15(6-8-17)14(3)18-16-9-11-19(4)12-10-16/h5-8,13-14,16,18H,9-12H2,1-4H3. The van der Waals surface area contributed by atoms with Gasteiger partial charge in [0.15, 0.2) is 0 Å². The quantitative estimate of drug-likeness (QED) is 0.893. The average Bonchev–Trinajstić information content (AvgIpc) is 2.41. The minimum absolute atomic E-state index is 0.232. The van der Waals surface area contributed by atoms with Gasteiger partial charge in [0.2, 0.25) is 0 Å². The maximum atomic E-state index is 5.68. The van der Waals surface area contributed by atoms with Crippen LogP contribution in [0.15, 0.2) is 24.3 Å². The maximum absolute atomic E-state index is 5.68. The maximum Gasteiger partial charge on any atom is 0.119 e. The number of piperidine rings is 1. The second-order valence-corrected chi connectivity index (χ2v) is 6.20. The lowest BCUT2D eigenvalue weighted by Crippen LogP contribution is -2.41. The van der Waals surface area contributed by atoms with Gasteiger partial charge in [-0.3, -0.25) is 0 Å². The van der Waals surface area contributed by atoms with E-state index in [0.29, 0.717) is 12.1 Å². The van der Waals surface area contributed by atoms with E-state index in [4.69, 9.17) is 4.74 Å².